The number of rotatable bonds is 3. The lowest BCUT2D eigenvalue weighted by Gasteiger charge is -2.31. The molecule has 0 unspecified atom stereocenters. The van der Waals surface area contributed by atoms with Gasteiger partial charge in [-0.15, -0.1) is 0 Å². The average molecular weight is 403 g/mol. The number of likely N-dealkylation sites (tertiary alicyclic amines) is 1. The van der Waals surface area contributed by atoms with Crippen molar-refractivity contribution in [3.8, 4) is 0 Å². The number of anilines is 1. The number of fused-ring (bicyclic) bond motifs is 1. The highest BCUT2D eigenvalue weighted by atomic mass is 16.2. The molecule has 0 aliphatic carbocycles. The first-order chi connectivity index (χ1) is 14.5. The molecule has 2 fully saturated rings. The molecule has 2 aliphatic rings. The number of hydrogen-bond donors (Lipinski definition) is 0. The van der Waals surface area contributed by atoms with E-state index in [1.54, 1.807) is 16.9 Å². The van der Waals surface area contributed by atoms with Crippen molar-refractivity contribution in [2.24, 2.45) is 18.9 Å². The van der Waals surface area contributed by atoms with Crippen LogP contribution >= 0.6 is 0 Å². The van der Waals surface area contributed by atoms with E-state index in [0.29, 0.717) is 17.5 Å². The molecule has 2 aromatic heterocycles. The van der Waals surface area contributed by atoms with Crippen molar-refractivity contribution in [1.29, 1.82) is 0 Å². The van der Waals surface area contributed by atoms with E-state index in [2.05, 4.69) is 56.1 Å². The number of carbonyl (C=O) groups excluding carboxylic acids is 1. The van der Waals surface area contributed by atoms with Crippen LogP contribution in [-0.4, -0.2) is 50.2 Å². The molecule has 0 N–H and O–H groups in total. The normalized spacial score (nSPS) is 23.1. The Morgan fingerprint density at radius 2 is 1.87 bits per heavy atom. The summed E-state index contributed by atoms with van der Waals surface area (Å²) in [5.74, 6) is 2.58. The second kappa shape index (κ2) is 7.23. The summed E-state index contributed by atoms with van der Waals surface area (Å²) >= 11 is 0. The summed E-state index contributed by atoms with van der Waals surface area (Å²) in [5, 5.41) is 4.20. The number of amides is 1. The zero-order valence-corrected chi connectivity index (χ0v) is 17.6. The Hall–Kier alpha value is -3.22. The van der Waals surface area contributed by atoms with Crippen LogP contribution in [0.2, 0.25) is 0 Å². The van der Waals surface area contributed by atoms with E-state index in [1.807, 2.05) is 26.2 Å². The van der Waals surface area contributed by atoms with Gasteiger partial charge in [-0.25, -0.2) is 9.97 Å². The molecular formula is C23H26N6O. The molecule has 0 spiro atoms. The molecular weight excluding hydrogens is 376 g/mol. The molecule has 3 aromatic rings. The third kappa shape index (κ3) is 3.05. The highest BCUT2D eigenvalue weighted by Gasteiger charge is 2.50. The Morgan fingerprint density at radius 3 is 2.60 bits per heavy atom. The molecule has 7 nitrogen and oxygen atoms in total. The van der Waals surface area contributed by atoms with Crippen molar-refractivity contribution in [2.75, 3.05) is 24.5 Å². The third-order valence-electron chi connectivity index (χ3n) is 6.56. The van der Waals surface area contributed by atoms with Crippen LogP contribution in [0.4, 0.5) is 5.82 Å². The SMILES string of the molecule is Cc1nccc(N2C[C@H]3CN(C(=O)c4ccnn4C)[C@H](c4ccccc4C)[C@H]3C2)n1. The first-order valence-electron chi connectivity index (χ1n) is 10.4. The molecule has 7 heteroatoms. The van der Waals surface area contributed by atoms with Gasteiger partial charge in [-0.1, -0.05) is 24.3 Å². The Kier molecular flexibility index (Phi) is 4.53. The molecule has 0 radical (unpaired) electrons. The van der Waals surface area contributed by atoms with E-state index in [1.165, 1.54) is 11.1 Å². The Bertz CT molecular complexity index is 1090. The summed E-state index contributed by atoms with van der Waals surface area (Å²) in [6.07, 6.45) is 3.51. The van der Waals surface area contributed by atoms with Crippen molar-refractivity contribution in [1.82, 2.24) is 24.6 Å². The maximum Gasteiger partial charge on any atom is 0.272 e. The van der Waals surface area contributed by atoms with E-state index >= 15 is 0 Å². The van der Waals surface area contributed by atoms with Gasteiger partial charge in [0.2, 0.25) is 0 Å². The fraction of sp³-hybridized carbons (Fsp3) is 0.391. The first kappa shape index (κ1) is 18.8. The molecule has 4 heterocycles. The summed E-state index contributed by atoms with van der Waals surface area (Å²) in [4.78, 5) is 26.8. The van der Waals surface area contributed by atoms with Crippen LogP contribution in [-0.2, 0) is 7.05 Å². The van der Waals surface area contributed by atoms with Gasteiger partial charge in [-0.05, 0) is 37.1 Å². The largest absolute Gasteiger partial charge is 0.356 e. The molecule has 0 saturated carbocycles. The Balaban J connectivity index is 1.50. The van der Waals surface area contributed by atoms with Crippen LogP contribution in [0.15, 0.2) is 48.8 Å². The van der Waals surface area contributed by atoms with E-state index in [4.69, 9.17) is 0 Å². The summed E-state index contributed by atoms with van der Waals surface area (Å²) in [7, 11) is 1.83. The lowest BCUT2D eigenvalue weighted by Crippen LogP contribution is -2.37. The smallest absolute Gasteiger partial charge is 0.272 e. The molecule has 3 atom stereocenters. The molecule has 2 saturated heterocycles. The van der Waals surface area contributed by atoms with Gasteiger partial charge in [-0.3, -0.25) is 9.48 Å². The third-order valence-corrected chi connectivity index (χ3v) is 6.56. The number of carbonyl (C=O) groups is 1. The van der Waals surface area contributed by atoms with Gasteiger partial charge in [0.05, 0.1) is 6.04 Å². The lowest BCUT2D eigenvalue weighted by molar-refractivity contribution is 0.0704. The van der Waals surface area contributed by atoms with Crippen molar-refractivity contribution in [2.45, 2.75) is 19.9 Å². The van der Waals surface area contributed by atoms with Gasteiger partial charge in [0.15, 0.2) is 0 Å². The number of aromatic nitrogens is 4. The molecule has 30 heavy (non-hydrogen) atoms. The van der Waals surface area contributed by atoms with Gasteiger partial charge in [0.25, 0.3) is 5.91 Å². The quantitative estimate of drug-likeness (QED) is 0.674. The van der Waals surface area contributed by atoms with E-state index in [-0.39, 0.29) is 11.9 Å². The summed E-state index contributed by atoms with van der Waals surface area (Å²) in [6.45, 7) is 6.59. The minimum Gasteiger partial charge on any atom is -0.356 e. The van der Waals surface area contributed by atoms with E-state index in [9.17, 15) is 4.79 Å². The van der Waals surface area contributed by atoms with Crippen molar-refractivity contribution < 1.29 is 4.79 Å². The minimum absolute atomic E-state index is 0.0477. The standard InChI is InChI=1S/C23H26N6O/c1-15-6-4-5-7-18(15)22-19-14-28(21-9-10-24-16(2)26-21)12-17(19)13-29(22)23(30)20-8-11-25-27(20)3/h4-11,17,19,22H,12-14H2,1-3H3/t17-,19-,22+/m0/s1. The van der Waals surface area contributed by atoms with Crippen molar-refractivity contribution in [3.63, 3.8) is 0 Å². The maximum absolute atomic E-state index is 13.5. The zero-order chi connectivity index (χ0) is 20.8. The average Bonchev–Trinajstić information content (AvgIpc) is 3.42. The molecule has 154 valence electrons. The zero-order valence-electron chi connectivity index (χ0n) is 17.6. The number of benzene rings is 1. The molecule has 2 aliphatic heterocycles. The lowest BCUT2D eigenvalue weighted by atomic mass is 9.87. The molecule has 0 bridgehead atoms. The number of nitrogens with zero attached hydrogens (tertiary/aromatic N) is 6. The fourth-order valence-corrected chi connectivity index (χ4v) is 5.11. The monoisotopic (exact) mass is 402 g/mol. The van der Waals surface area contributed by atoms with Crippen LogP contribution in [0.5, 0.6) is 0 Å². The minimum atomic E-state index is 0.0477. The highest BCUT2D eigenvalue weighted by molar-refractivity contribution is 5.93. The van der Waals surface area contributed by atoms with Gasteiger partial charge < -0.3 is 9.80 Å². The summed E-state index contributed by atoms with van der Waals surface area (Å²) in [6, 6.07) is 12.3. The summed E-state index contributed by atoms with van der Waals surface area (Å²) in [5.41, 5.74) is 3.10. The Morgan fingerprint density at radius 1 is 1.03 bits per heavy atom. The number of hydrogen-bond acceptors (Lipinski definition) is 5. The van der Waals surface area contributed by atoms with E-state index in [0.717, 1.165) is 31.3 Å². The molecule has 5 rings (SSSR count). The second-order valence-corrected chi connectivity index (χ2v) is 8.39. The van der Waals surface area contributed by atoms with Gasteiger partial charge in [-0.2, -0.15) is 5.10 Å². The maximum atomic E-state index is 13.5. The Labute approximate surface area is 176 Å². The highest BCUT2D eigenvalue weighted by Crippen LogP contribution is 2.46. The van der Waals surface area contributed by atoms with Gasteiger partial charge >= 0.3 is 0 Å². The van der Waals surface area contributed by atoms with Crippen LogP contribution in [0.1, 0.15) is 33.5 Å². The summed E-state index contributed by atoms with van der Waals surface area (Å²) < 4.78 is 1.67. The topological polar surface area (TPSA) is 67.2 Å². The predicted molar refractivity (Wildman–Crippen MR) is 114 cm³/mol. The van der Waals surface area contributed by atoms with Crippen LogP contribution in [0.25, 0.3) is 0 Å². The van der Waals surface area contributed by atoms with Gasteiger partial charge in [0.1, 0.15) is 17.3 Å². The second-order valence-electron chi connectivity index (χ2n) is 8.39. The first-order valence-corrected chi connectivity index (χ1v) is 10.4. The van der Waals surface area contributed by atoms with Crippen molar-refractivity contribution >= 4 is 11.7 Å². The van der Waals surface area contributed by atoms with E-state index < -0.39 is 0 Å². The molecule has 1 amide bonds. The fourth-order valence-electron chi connectivity index (χ4n) is 5.11. The number of aryl methyl sites for hydroxylation is 3. The molecule has 1 aromatic carbocycles. The predicted octanol–water partition coefficient (Wildman–Crippen LogP) is 2.78. The van der Waals surface area contributed by atoms with Crippen LogP contribution < -0.4 is 4.90 Å². The van der Waals surface area contributed by atoms with Crippen molar-refractivity contribution in [3.05, 3.63) is 71.4 Å². The van der Waals surface area contributed by atoms with Crippen LogP contribution in [0.3, 0.4) is 0 Å². The van der Waals surface area contributed by atoms with Crippen LogP contribution in [0, 0.1) is 25.7 Å². The van der Waals surface area contributed by atoms with Gasteiger partial charge in [0, 0.05) is 50.9 Å².